The first-order valence-corrected chi connectivity index (χ1v) is 11.9. The van der Waals surface area contributed by atoms with Gasteiger partial charge in [-0.1, -0.05) is 37.3 Å². The number of ether oxygens (including phenoxy) is 1. The molecule has 1 fully saturated rings. The number of benzene rings is 3. The fourth-order valence-corrected chi connectivity index (χ4v) is 4.50. The van der Waals surface area contributed by atoms with E-state index in [1.54, 1.807) is 54.6 Å². The van der Waals surface area contributed by atoms with Crippen molar-refractivity contribution in [2.45, 2.75) is 19.9 Å². The molecule has 9 heteroatoms. The number of methoxy groups -OCH3 is 1. The first-order chi connectivity index (χ1) is 18.3. The molecule has 0 aromatic heterocycles. The molecular weight excluding hydrogens is 486 g/mol. The number of rotatable bonds is 6. The zero-order valence-corrected chi connectivity index (χ0v) is 20.7. The predicted octanol–water partition coefficient (Wildman–Crippen LogP) is 3.72. The summed E-state index contributed by atoms with van der Waals surface area (Å²) >= 11 is 0. The highest BCUT2D eigenvalue weighted by Crippen LogP contribution is 2.29. The second-order valence-electron chi connectivity index (χ2n) is 8.79. The number of barbiturate groups is 1. The molecule has 3 aromatic carbocycles. The van der Waals surface area contributed by atoms with Crippen molar-refractivity contribution in [3.05, 3.63) is 100 Å². The molecule has 5 rings (SSSR count). The van der Waals surface area contributed by atoms with Crippen molar-refractivity contribution in [3.63, 3.8) is 0 Å². The summed E-state index contributed by atoms with van der Waals surface area (Å²) in [7, 11) is 1.46. The summed E-state index contributed by atoms with van der Waals surface area (Å²) in [6.07, 6.45) is 2.16. The molecule has 1 N–H and O–H groups in total. The Hall–Kier alpha value is -5.05. The SMILES string of the molecule is CCc1ccc(N2C(=O)NC(=O)C(=Cc3ccc(OC)c(CN4C(=O)c5ccccc5C4=O)c3)C2=O)cc1. The molecule has 190 valence electrons. The van der Waals surface area contributed by atoms with Gasteiger partial charge in [0.05, 0.1) is 30.5 Å². The number of anilines is 1. The molecule has 0 radical (unpaired) electrons. The average Bonchev–Trinajstić information content (AvgIpc) is 3.16. The number of aryl methyl sites for hydroxylation is 1. The molecule has 2 aliphatic heterocycles. The Morgan fingerprint density at radius 1 is 0.842 bits per heavy atom. The summed E-state index contributed by atoms with van der Waals surface area (Å²) in [5, 5.41) is 2.21. The Morgan fingerprint density at radius 2 is 1.50 bits per heavy atom. The Morgan fingerprint density at radius 3 is 2.11 bits per heavy atom. The Bertz CT molecular complexity index is 1510. The average molecular weight is 510 g/mol. The molecule has 2 heterocycles. The van der Waals surface area contributed by atoms with E-state index in [0.717, 1.165) is 21.8 Å². The summed E-state index contributed by atoms with van der Waals surface area (Å²) in [5.74, 6) is -1.99. The quantitative estimate of drug-likeness (QED) is 0.308. The van der Waals surface area contributed by atoms with Crippen molar-refractivity contribution >= 4 is 41.4 Å². The third-order valence-electron chi connectivity index (χ3n) is 6.53. The van der Waals surface area contributed by atoms with Crippen molar-refractivity contribution in [1.82, 2.24) is 10.2 Å². The molecule has 6 amide bonds. The number of nitrogens with one attached hydrogen (secondary N) is 1. The van der Waals surface area contributed by atoms with Crippen LogP contribution in [0.15, 0.2) is 72.3 Å². The molecule has 0 atom stereocenters. The summed E-state index contributed by atoms with van der Waals surface area (Å²) < 4.78 is 5.43. The number of imide groups is 3. The fraction of sp³-hybridized carbons (Fsp3) is 0.138. The number of carbonyl (C=O) groups is 5. The molecule has 0 unspecified atom stereocenters. The van der Waals surface area contributed by atoms with Gasteiger partial charge in [0, 0.05) is 5.56 Å². The monoisotopic (exact) mass is 509 g/mol. The van der Waals surface area contributed by atoms with E-state index >= 15 is 0 Å². The van der Waals surface area contributed by atoms with E-state index in [1.165, 1.54) is 13.2 Å². The predicted molar refractivity (Wildman–Crippen MR) is 138 cm³/mol. The van der Waals surface area contributed by atoms with E-state index in [4.69, 9.17) is 4.74 Å². The molecule has 9 nitrogen and oxygen atoms in total. The van der Waals surface area contributed by atoms with Crippen LogP contribution >= 0.6 is 0 Å². The number of carbonyl (C=O) groups excluding carboxylic acids is 5. The number of nitrogens with zero attached hydrogens (tertiary/aromatic N) is 2. The number of hydrogen-bond acceptors (Lipinski definition) is 6. The van der Waals surface area contributed by atoms with E-state index in [9.17, 15) is 24.0 Å². The molecule has 0 spiro atoms. The van der Waals surface area contributed by atoms with Gasteiger partial charge in [-0.15, -0.1) is 0 Å². The van der Waals surface area contributed by atoms with Crippen LogP contribution in [0.4, 0.5) is 10.5 Å². The maximum absolute atomic E-state index is 13.3. The summed E-state index contributed by atoms with van der Waals surface area (Å²) in [5.41, 5.74) is 2.75. The molecule has 3 aromatic rings. The van der Waals surface area contributed by atoms with Crippen molar-refractivity contribution < 1.29 is 28.7 Å². The van der Waals surface area contributed by atoms with Gasteiger partial charge in [0.1, 0.15) is 11.3 Å². The lowest BCUT2D eigenvalue weighted by molar-refractivity contribution is -0.122. The van der Waals surface area contributed by atoms with Crippen LogP contribution in [0.3, 0.4) is 0 Å². The number of urea groups is 1. The van der Waals surface area contributed by atoms with Crippen molar-refractivity contribution in [2.75, 3.05) is 12.0 Å². The van der Waals surface area contributed by atoms with Crippen LogP contribution in [0.25, 0.3) is 6.08 Å². The normalized spacial score (nSPS) is 16.3. The zero-order chi connectivity index (χ0) is 27.0. The molecule has 0 saturated carbocycles. The summed E-state index contributed by atoms with van der Waals surface area (Å²) in [6.45, 7) is 1.92. The largest absolute Gasteiger partial charge is 0.496 e. The third kappa shape index (κ3) is 4.24. The molecule has 38 heavy (non-hydrogen) atoms. The first kappa shape index (κ1) is 24.6. The number of amides is 6. The smallest absolute Gasteiger partial charge is 0.335 e. The topological polar surface area (TPSA) is 113 Å². The highest BCUT2D eigenvalue weighted by atomic mass is 16.5. The van der Waals surface area contributed by atoms with Crippen LogP contribution in [0, 0.1) is 0 Å². The minimum atomic E-state index is -0.831. The maximum Gasteiger partial charge on any atom is 0.335 e. The second-order valence-corrected chi connectivity index (χ2v) is 8.79. The van der Waals surface area contributed by atoms with Gasteiger partial charge >= 0.3 is 6.03 Å². The molecule has 1 saturated heterocycles. The first-order valence-electron chi connectivity index (χ1n) is 11.9. The van der Waals surface area contributed by atoms with E-state index < -0.39 is 29.7 Å². The van der Waals surface area contributed by atoms with Gasteiger partial charge in [-0.25, -0.2) is 9.69 Å². The lowest BCUT2D eigenvalue weighted by Gasteiger charge is -2.26. The zero-order valence-electron chi connectivity index (χ0n) is 20.7. The van der Waals surface area contributed by atoms with Crippen LogP contribution in [0.2, 0.25) is 0 Å². The molecular formula is C29H23N3O6. The van der Waals surface area contributed by atoms with E-state index in [1.807, 2.05) is 19.1 Å². The van der Waals surface area contributed by atoms with Gasteiger partial charge in [0.2, 0.25) is 0 Å². The highest BCUT2D eigenvalue weighted by molar-refractivity contribution is 6.39. The van der Waals surface area contributed by atoms with Crippen LogP contribution in [0.1, 0.15) is 44.3 Å². The standard InChI is InChI=1S/C29H23N3O6/c1-3-17-8-11-20(12-9-17)32-28(36)23(25(33)30-29(32)37)15-18-10-13-24(38-2)19(14-18)16-31-26(34)21-6-4-5-7-22(21)27(31)35/h4-15H,3,16H2,1-2H3,(H,30,33,37). The Kier molecular flexibility index (Phi) is 6.34. The van der Waals surface area contributed by atoms with Gasteiger partial charge in [-0.3, -0.25) is 29.4 Å². The minimum Gasteiger partial charge on any atom is -0.496 e. The Balaban J connectivity index is 1.46. The Labute approximate surface area is 218 Å². The molecule has 0 aliphatic carbocycles. The molecule has 0 bridgehead atoms. The van der Waals surface area contributed by atoms with Crippen molar-refractivity contribution in [3.8, 4) is 5.75 Å². The second kappa shape index (κ2) is 9.78. The van der Waals surface area contributed by atoms with Gasteiger partial charge in [-0.2, -0.15) is 0 Å². The molecule has 2 aliphatic rings. The minimum absolute atomic E-state index is 0.0684. The third-order valence-corrected chi connectivity index (χ3v) is 6.53. The van der Waals surface area contributed by atoms with Crippen LogP contribution < -0.4 is 15.0 Å². The van der Waals surface area contributed by atoms with Gasteiger partial charge < -0.3 is 4.74 Å². The van der Waals surface area contributed by atoms with Crippen molar-refractivity contribution in [2.24, 2.45) is 0 Å². The van der Waals surface area contributed by atoms with Crippen LogP contribution in [0.5, 0.6) is 5.75 Å². The summed E-state index contributed by atoms with van der Waals surface area (Å²) in [6, 6.07) is 17.6. The van der Waals surface area contributed by atoms with Gasteiger partial charge in [0.15, 0.2) is 0 Å². The number of hydrogen-bond donors (Lipinski definition) is 1. The van der Waals surface area contributed by atoms with E-state index in [0.29, 0.717) is 33.7 Å². The summed E-state index contributed by atoms with van der Waals surface area (Å²) in [4.78, 5) is 66.1. The van der Waals surface area contributed by atoms with Crippen LogP contribution in [-0.2, 0) is 22.6 Å². The van der Waals surface area contributed by atoms with E-state index in [2.05, 4.69) is 5.32 Å². The highest BCUT2D eigenvalue weighted by Gasteiger charge is 2.37. The van der Waals surface area contributed by atoms with E-state index in [-0.39, 0.29) is 12.1 Å². The number of fused-ring (bicyclic) bond motifs is 1. The fourth-order valence-electron chi connectivity index (χ4n) is 4.50. The maximum atomic E-state index is 13.3. The lowest BCUT2D eigenvalue weighted by Crippen LogP contribution is -2.54. The van der Waals surface area contributed by atoms with Crippen molar-refractivity contribution in [1.29, 1.82) is 0 Å². The van der Waals surface area contributed by atoms with Crippen LogP contribution in [-0.4, -0.2) is 41.7 Å². The van der Waals surface area contributed by atoms with Gasteiger partial charge in [-0.05, 0) is 60.0 Å². The lowest BCUT2D eigenvalue weighted by atomic mass is 10.0. The van der Waals surface area contributed by atoms with Gasteiger partial charge in [0.25, 0.3) is 23.6 Å².